The summed E-state index contributed by atoms with van der Waals surface area (Å²) in [4.78, 5) is 16.9. The van der Waals surface area contributed by atoms with Crippen LogP contribution in [0.2, 0.25) is 0 Å². The third kappa shape index (κ3) is 2.43. The van der Waals surface area contributed by atoms with Gasteiger partial charge in [0.25, 0.3) is 5.91 Å². The van der Waals surface area contributed by atoms with E-state index in [9.17, 15) is 4.79 Å². The van der Waals surface area contributed by atoms with Gasteiger partial charge in [0.15, 0.2) is 5.76 Å². The number of aromatic nitrogens is 1. The number of nitrogens with zero attached hydrogens (tertiary/aromatic N) is 1. The van der Waals surface area contributed by atoms with E-state index in [2.05, 4.69) is 10.3 Å². The molecule has 3 aromatic rings. The van der Waals surface area contributed by atoms with Crippen molar-refractivity contribution in [3.63, 3.8) is 0 Å². The predicted octanol–water partition coefficient (Wildman–Crippen LogP) is 2.40. The monoisotopic (exact) mass is 273 g/mol. The van der Waals surface area contributed by atoms with Crippen LogP contribution in [0.25, 0.3) is 11.0 Å². The summed E-state index contributed by atoms with van der Waals surface area (Å²) >= 11 is 1.49. The summed E-state index contributed by atoms with van der Waals surface area (Å²) in [5.41, 5.74) is 8.71. The fraction of sp³-hybridized carbons (Fsp3) is 0.0769. The number of nitrogen functional groups attached to an aromatic ring is 1. The van der Waals surface area contributed by atoms with Crippen LogP contribution in [-0.2, 0) is 6.54 Å². The minimum absolute atomic E-state index is 0.247. The molecule has 0 atom stereocenters. The van der Waals surface area contributed by atoms with Crippen LogP contribution in [0.1, 0.15) is 15.4 Å². The Balaban J connectivity index is 1.77. The van der Waals surface area contributed by atoms with Crippen molar-refractivity contribution < 1.29 is 9.21 Å². The number of carbonyl (C=O) groups is 1. The molecule has 0 bridgehead atoms. The molecule has 1 amide bonds. The number of anilines is 1. The number of carbonyl (C=O) groups excluding carboxylic acids is 1. The van der Waals surface area contributed by atoms with Crippen molar-refractivity contribution in [2.24, 2.45) is 0 Å². The maximum absolute atomic E-state index is 11.9. The summed E-state index contributed by atoms with van der Waals surface area (Å²) < 4.78 is 5.47. The van der Waals surface area contributed by atoms with Gasteiger partial charge in [0.2, 0.25) is 0 Å². The zero-order valence-corrected chi connectivity index (χ0v) is 10.7. The largest absolute Gasteiger partial charge is 0.451 e. The number of fused-ring (bicyclic) bond motifs is 1. The molecule has 0 saturated heterocycles. The number of nitrogens with two attached hydrogens (primary N) is 1. The van der Waals surface area contributed by atoms with E-state index < -0.39 is 0 Å². The number of thiazole rings is 1. The van der Waals surface area contributed by atoms with Gasteiger partial charge in [0.1, 0.15) is 5.58 Å². The lowest BCUT2D eigenvalue weighted by Gasteiger charge is -1.99. The topological polar surface area (TPSA) is 81.1 Å². The first-order valence-electron chi connectivity index (χ1n) is 5.67. The number of hydrogen-bond donors (Lipinski definition) is 2. The number of hydrogen-bond acceptors (Lipinski definition) is 5. The van der Waals surface area contributed by atoms with Gasteiger partial charge in [-0.3, -0.25) is 9.78 Å². The maximum atomic E-state index is 11.9. The second kappa shape index (κ2) is 4.74. The summed E-state index contributed by atoms with van der Waals surface area (Å²) in [7, 11) is 0. The molecule has 0 radical (unpaired) electrons. The van der Waals surface area contributed by atoms with E-state index in [4.69, 9.17) is 10.2 Å². The van der Waals surface area contributed by atoms with E-state index >= 15 is 0 Å². The van der Waals surface area contributed by atoms with E-state index in [1.54, 1.807) is 36.0 Å². The average molecular weight is 273 g/mol. The molecule has 0 aliphatic rings. The molecule has 0 aliphatic carbocycles. The van der Waals surface area contributed by atoms with Gasteiger partial charge >= 0.3 is 0 Å². The van der Waals surface area contributed by atoms with E-state index in [0.29, 0.717) is 17.8 Å². The summed E-state index contributed by atoms with van der Waals surface area (Å²) in [5, 5.41) is 3.61. The molecule has 0 unspecified atom stereocenters. The number of benzene rings is 1. The zero-order valence-electron chi connectivity index (χ0n) is 9.92. The minimum Gasteiger partial charge on any atom is -0.451 e. The average Bonchev–Trinajstić information content (AvgIpc) is 3.04. The summed E-state index contributed by atoms with van der Waals surface area (Å²) in [6, 6.07) is 6.96. The smallest absolute Gasteiger partial charge is 0.287 e. The highest BCUT2D eigenvalue weighted by atomic mass is 32.1. The molecule has 6 heteroatoms. The van der Waals surface area contributed by atoms with Gasteiger partial charge in [0.05, 0.1) is 12.1 Å². The molecule has 96 valence electrons. The first-order chi connectivity index (χ1) is 9.22. The van der Waals surface area contributed by atoms with E-state index in [-0.39, 0.29) is 11.7 Å². The third-order valence-corrected chi connectivity index (χ3v) is 3.45. The first kappa shape index (κ1) is 11.7. The summed E-state index contributed by atoms with van der Waals surface area (Å²) in [6.07, 6.45) is 1.73. The van der Waals surface area contributed by atoms with Crippen molar-refractivity contribution in [1.82, 2.24) is 10.3 Å². The molecule has 0 spiro atoms. The van der Waals surface area contributed by atoms with E-state index in [1.807, 2.05) is 0 Å². The molecule has 3 N–H and O–H groups in total. The Morgan fingerprint density at radius 2 is 2.32 bits per heavy atom. The Morgan fingerprint density at radius 3 is 3.11 bits per heavy atom. The van der Waals surface area contributed by atoms with Crippen LogP contribution in [0.3, 0.4) is 0 Å². The molecule has 5 nitrogen and oxygen atoms in total. The van der Waals surface area contributed by atoms with Gasteiger partial charge in [-0.2, -0.15) is 0 Å². The number of rotatable bonds is 3. The quantitative estimate of drug-likeness (QED) is 0.718. The first-order valence-corrected chi connectivity index (χ1v) is 6.55. The fourth-order valence-electron chi connectivity index (χ4n) is 1.76. The lowest BCUT2D eigenvalue weighted by molar-refractivity contribution is 0.0925. The summed E-state index contributed by atoms with van der Waals surface area (Å²) in [5.74, 6) is 0.0355. The maximum Gasteiger partial charge on any atom is 0.287 e. The van der Waals surface area contributed by atoms with Crippen LogP contribution < -0.4 is 11.1 Å². The Bertz CT molecular complexity index is 719. The standard InChI is InChI=1S/C13H11N3O2S/c14-9-1-2-11-8(3-9)4-12(18-11)13(17)16-6-10-5-15-7-19-10/h1-5,7H,6,14H2,(H,16,17). The highest BCUT2D eigenvalue weighted by molar-refractivity contribution is 7.09. The van der Waals surface area contributed by atoms with Crippen molar-refractivity contribution in [2.75, 3.05) is 5.73 Å². The van der Waals surface area contributed by atoms with Gasteiger partial charge in [0, 0.05) is 22.1 Å². The molecule has 2 aromatic heterocycles. The highest BCUT2D eigenvalue weighted by Gasteiger charge is 2.12. The van der Waals surface area contributed by atoms with Crippen molar-refractivity contribution in [3.8, 4) is 0 Å². The van der Waals surface area contributed by atoms with Crippen molar-refractivity contribution in [2.45, 2.75) is 6.54 Å². The number of amides is 1. The Morgan fingerprint density at radius 1 is 1.42 bits per heavy atom. The van der Waals surface area contributed by atoms with E-state index in [0.717, 1.165) is 10.3 Å². The van der Waals surface area contributed by atoms with Crippen LogP contribution in [0.5, 0.6) is 0 Å². The highest BCUT2D eigenvalue weighted by Crippen LogP contribution is 2.21. The van der Waals surface area contributed by atoms with E-state index in [1.165, 1.54) is 11.3 Å². The van der Waals surface area contributed by atoms with Crippen molar-refractivity contribution in [3.05, 3.63) is 46.6 Å². The van der Waals surface area contributed by atoms with Crippen LogP contribution in [0.4, 0.5) is 5.69 Å². The Hall–Kier alpha value is -2.34. The molecule has 1 aromatic carbocycles. The Labute approximate surface area is 113 Å². The molecule has 0 fully saturated rings. The van der Waals surface area contributed by atoms with Crippen molar-refractivity contribution >= 4 is 33.9 Å². The molecule has 0 saturated carbocycles. The number of nitrogens with one attached hydrogen (secondary N) is 1. The van der Waals surface area contributed by atoms with Crippen LogP contribution in [-0.4, -0.2) is 10.9 Å². The molecular weight excluding hydrogens is 262 g/mol. The van der Waals surface area contributed by atoms with Gasteiger partial charge in [-0.05, 0) is 24.3 Å². The third-order valence-electron chi connectivity index (χ3n) is 2.67. The minimum atomic E-state index is -0.247. The summed E-state index contributed by atoms with van der Waals surface area (Å²) in [6.45, 7) is 0.447. The molecule has 0 aliphatic heterocycles. The fourth-order valence-corrected chi connectivity index (χ4v) is 2.29. The lowest BCUT2D eigenvalue weighted by Crippen LogP contribution is -2.21. The van der Waals surface area contributed by atoms with Crippen LogP contribution in [0.15, 0.2) is 40.4 Å². The zero-order chi connectivity index (χ0) is 13.2. The van der Waals surface area contributed by atoms with Crippen LogP contribution >= 0.6 is 11.3 Å². The van der Waals surface area contributed by atoms with Gasteiger partial charge in [-0.15, -0.1) is 11.3 Å². The SMILES string of the molecule is Nc1ccc2oc(C(=O)NCc3cncs3)cc2c1. The van der Waals surface area contributed by atoms with Gasteiger partial charge < -0.3 is 15.5 Å². The molecule has 19 heavy (non-hydrogen) atoms. The second-order valence-electron chi connectivity index (χ2n) is 4.06. The van der Waals surface area contributed by atoms with Crippen molar-refractivity contribution in [1.29, 1.82) is 0 Å². The number of furan rings is 1. The normalized spacial score (nSPS) is 10.7. The second-order valence-corrected chi connectivity index (χ2v) is 5.03. The Kier molecular flexibility index (Phi) is 2.92. The van der Waals surface area contributed by atoms with Gasteiger partial charge in [-0.1, -0.05) is 0 Å². The molecule has 3 rings (SSSR count). The molecule has 2 heterocycles. The molecular formula is C13H11N3O2S. The lowest BCUT2D eigenvalue weighted by atomic mass is 10.2. The van der Waals surface area contributed by atoms with Gasteiger partial charge in [-0.25, -0.2) is 0 Å². The predicted molar refractivity (Wildman–Crippen MR) is 73.9 cm³/mol. The van der Waals surface area contributed by atoms with Crippen LogP contribution in [0, 0.1) is 0 Å².